The van der Waals surface area contributed by atoms with Gasteiger partial charge in [-0.25, -0.2) is 18.2 Å². The van der Waals surface area contributed by atoms with Crippen molar-refractivity contribution in [2.75, 3.05) is 44.3 Å². The van der Waals surface area contributed by atoms with E-state index >= 15 is 0 Å². The fraction of sp³-hybridized carbons (Fsp3) is 0.333. The quantitative estimate of drug-likeness (QED) is 0.305. The third kappa shape index (κ3) is 5.80. The Morgan fingerprint density at radius 3 is 2.39 bits per heavy atom. The number of aromatic nitrogens is 1. The molecule has 1 aromatic heterocycles. The van der Waals surface area contributed by atoms with Gasteiger partial charge in [0.05, 0.1) is 46.0 Å². The lowest BCUT2D eigenvalue weighted by Crippen LogP contribution is -2.36. The van der Waals surface area contributed by atoms with E-state index in [4.69, 9.17) is 20.0 Å². The topological polar surface area (TPSA) is 137 Å². The van der Waals surface area contributed by atoms with Gasteiger partial charge in [0.2, 0.25) is 10.0 Å². The number of fused-ring (bicyclic) bond motifs is 1. The van der Waals surface area contributed by atoms with Gasteiger partial charge in [0.15, 0.2) is 5.13 Å². The van der Waals surface area contributed by atoms with Crippen LogP contribution >= 0.6 is 11.3 Å². The fourth-order valence-electron chi connectivity index (χ4n) is 3.63. The molecule has 0 radical (unpaired) electrons. The number of hydrogen-bond donors (Lipinski definition) is 0. The molecule has 186 valence electrons. The average molecular weight is 526 g/mol. The van der Waals surface area contributed by atoms with Gasteiger partial charge in [-0.1, -0.05) is 11.3 Å². The summed E-state index contributed by atoms with van der Waals surface area (Å²) in [4.78, 5) is 19.5. The van der Waals surface area contributed by atoms with Crippen LogP contribution in [0.1, 0.15) is 23.2 Å². The molecule has 12 heteroatoms. The molecule has 3 aromatic rings. The predicted molar refractivity (Wildman–Crippen MR) is 133 cm³/mol. The first-order valence-electron chi connectivity index (χ1n) is 11.2. The number of anilines is 1. The first-order chi connectivity index (χ1) is 17.4. The summed E-state index contributed by atoms with van der Waals surface area (Å²) in [6.45, 7) is 2.85. The van der Waals surface area contributed by atoms with E-state index in [0.29, 0.717) is 19.0 Å². The van der Waals surface area contributed by atoms with Gasteiger partial charge in [0.25, 0.3) is 0 Å². The smallest absolute Gasteiger partial charge is 0.343 e. The van der Waals surface area contributed by atoms with Gasteiger partial charge in [-0.2, -0.15) is 14.8 Å². The molecular formula is C24H23N5O5S2. The summed E-state index contributed by atoms with van der Waals surface area (Å²) in [5.74, 6) is -0.261. The van der Waals surface area contributed by atoms with Crippen LogP contribution in [0.5, 0.6) is 5.75 Å². The number of carbonyl (C=O) groups excluding carboxylic acids is 1. The molecule has 1 fully saturated rings. The molecule has 36 heavy (non-hydrogen) atoms. The largest absolute Gasteiger partial charge is 0.423 e. The summed E-state index contributed by atoms with van der Waals surface area (Å²) in [6, 6.07) is 14.4. The Balaban J connectivity index is 1.46. The highest BCUT2D eigenvalue weighted by Gasteiger charge is 2.24. The molecule has 0 atom stereocenters. The first-order valence-corrected chi connectivity index (χ1v) is 13.5. The van der Waals surface area contributed by atoms with Crippen LogP contribution in [0.3, 0.4) is 0 Å². The van der Waals surface area contributed by atoms with Crippen molar-refractivity contribution in [3.63, 3.8) is 0 Å². The molecule has 0 amide bonds. The molecule has 0 aliphatic carbocycles. The predicted octanol–water partition coefficient (Wildman–Crippen LogP) is 3.17. The van der Waals surface area contributed by atoms with E-state index in [0.717, 1.165) is 32.7 Å². The van der Waals surface area contributed by atoms with E-state index in [-0.39, 0.29) is 36.4 Å². The molecule has 2 aromatic carbocycles. The number of benzene rings is 2. The lowest BCUT2D eigenvalue weighted by molar-refractivity contribution is 0.0735. The molecule has 10 nitrogen and oxygen atoms in total. The summed E-state index contributed by atoms with van der Waals surface area (Å²) in [7, 11) is -3.92. The van der Waals surface area contributed by atoms with Crippen LogP contribution in [0.15, 0.2) is 47.4 Å². The van der Waals surface area contributed by atoms with Crippen LogP contribution in [0.2, 0.25) is 0 Å². The molecule has 2 heterocycles. The molecular weight excluding hydrogens is 502 g/mol. The number of esters is 1. The average Bonchev–Trinajstić information content (AvgIpc) is 3.33. The fourth-order valence-corrected chi connectivity index (χ4v) is 6.11. The van der Waals surface area contributed by atoms with E-state index < -0.39 is 16.0 Å². The number of rotatable bonds is 9. The minimum Gasteiger partial charge on any atom is -0.423 e. The van der Waals surface area contributed by atoms with Crippen molar-refractivity contribution in [3.05, 3.63) is 48.0 Å². The van der Waals surface area contributed by atoms with Crippen LogP contribution in [0.25, 0.3) is 10.2 Å². The Labute approximate surface area is 212 Å². The summed E-state index contributed by atoms with van der Waals surface area (Å²) in [5.41, 5.74) is 1.00. The van der Waals surface area contributed by atoms with Crippen molar-refractivity contribution in [1.29, 1.82) is 10.5 Å². The van der Waals surface area contributed by atoms with Crippen LogP contribution in [0.4, 0.5) is 5.13 Å². The summed E-state index contributed by atoms with van der Waals surface area (Å²) < 4.78 is 38.8. The molecule has 4 rings (SSSR count). The molecule has 0 saturated carbocycles. The minimum absolute atomic E-state index is 0.00706. The van der Waals surface area contributed by atoms with Crippen LogP contribution in [-0.2, 0) is 14.8 Å². The van der Waals surface area contributed by atoms with Crippen molar-refractivity contribution in [2.24, 2.45) is 0 Å². The van der Waals surface area contributed by atoms with E-state index in [2.05, 4.69) is 9.88 Å². The Hall–Kier alpha value is -3.55. The number of carbonyl (C=O) groups is 1. The zero-order chi connectivity index (χ0) is 25.5. The molecule has 0 bridgehead atoms. The number of sulfonamides is 1. The van der Waals surface area contributed by atoms with Gasteiger partial charge in [-0.15, -0.1) is 0 Å². The highest BCUT2D eigenvalue weighted by molar-refractivity contribution is 7.89. The third-order valence-electron chi connectivity index (χ3n) is 5.51. The van der Waals surface area contributed by atoms with Crippen molar-refractivity contribution < 1.29 is 22.7 Å². The SMILES string of the molecule is N#CCCN(CCC#N)S(=O)(=O)c1ccc(C(=O)Oc2ccc3nc(N4CCOCC4)sc3c2)cc1. The molecule has 1 saturated heterocycles. The lowest BCUT2D eigenvalue weighted by atomic mass is 10.2. The van der Waals surface area contributed by atoms with Crippen LogP contribution in [0, 0.1) is 22.7 Å². The second kappa shape index (κ2) is 11.5. The third-order valence-corrected chi connectivity index (χ3v) is 8.51. The zero-order valence-electron chi connectivity index (χ0n) is 19.3. The molecule has 1 aliphatic rings. The van der Waals surface area contributed by atoms with Crippen molar-refractivity contribution >= 4 is 42.7 Å². The number of nitrogens with zero attached hydrogens (tertiary/aromatic N) is 5. The normalized spacial score (nSPS) is 13.9. The number of ether oxygens (including phenoxy) is 2. The minimum atomic E-state index is -3.92. The Bertz CT molecular complexity index is 1400. The number of hydrogen-bond acceptors (Lipinski definition) is 10. The van der Waals surface area contributed by atoms with E-state index in [1.54, 1.807) is 18.2 Å². The molecule has 0 N–H and O–H groups in total. The second-order valence-corrected chi connectivity index (χ2v) is 10.8. The molecule has 1 aliphatic heterocycles. The standard InChI is InChI=1S/C24H23N5O5S2/c25-9-1-11-29(12-2-10-26)36(31,32)20-6-3-18(4-7-20)23(30)34-19-5-8-21-22(17-19)35-24(27-21)28-13-15-33-16-14-28/h3-8,17H,1-2,11-16H2. The molecule has 0 spiro atoms. The van der Waals surface area contributed by atoms with Gasteiger partial charge >= 0.3 is 5.97 Å². The monoisotopic (exact) mass is 525 g/mol. The lowest BCUT2D eigenvalue weighted by Gasteiger charge is -2.25. The maximum atomic E-state index is 12.9. The van der Waals surface area contributed by atoms with Crippen molar-refractivity contribution in [1.82, 2.24) is 9.29 Å². The van der Waals surface area contributed by atoms with Gasteiger partial charge in [0.1, 0.15) is 5.75 Å². The van der Waals surface area contributed by atoms with Gasteiger partial charge < -0.3 is 14.4 Å². The summed E-state index contributed by atoms with van der Waals surface area (Å²) in [5, 5.41) is 18.5. The first kappa shape index (κ1) is 25.5. The van der Waals surface area contributed by atoms with Crippen molar-refractivity contribution in [2.45, 2.75) is 17.7 Å². The second-order valence-electron chi connectivity index (χ2n) is 7.86. The van der Waals surface area contributed by atoms with Gasteiger partial charge in [-0.05, 0) is 36.4 Å². The van der Waals surface area contributed by atoms with E-state index in [1.807, 2.05) is 12.1 Å². The van der Waals surface area contributed by atoms with Crippen LogP contribution < -0.4 is 9.64 Å². The molecule has 0 unspecified atom stereocenters. The highest BCUT2D eigenvalue weighted by Crippen LogP contribution is 2.32. The number of thiazole rings is 1. The maximum Gasteiger partial charge on any atom is 0.343 e. The zero-order valence-corrected chi connectivity index (χ0v) is 20.9. The van der Waals surface area contributed by atoms with Gasteiger partial charge in [-0.3, -0.25) is 0 Å². The van der Waals surface area contributed by atoms with E-state index in [1.165, 1.54) is 35.6 Å². The van der Waals surface area contributed by atoms with Gasteiger partial charge in [0, 0.05) is 45.1 Å². The van der Waals surface area contributed by atoms with Crippen molar-refractivity contribution in [3.8, 4) is 17.9 Å². The van der Waals surface area contributed by atoms with Crippen LogP contribution in [-0.4, -0.2) is 63.1 Å². The summed E-state index contributed by atoms with van der Waals surface area (Å²) in [6.07, 6.45) is 0.0141. The highest BCUT2D eigenvalue weighted by atomic mass is 32.2. The maximum absolute atomic E-state index is 12.9. The Morgan fingerprint density at radius 2 is 1.75 bits per heavy atom. The summed E-state index contributed by atoms with van der Waals surface area (Å²) >= 11 is 1.52. The Morgan fingerprint density at radius 1 is 1.08 bits per heavy atom. The Kier molecular flexibility index (Phi) is 8.13. The van der Waals surface area contributed by atoms with E-state index in [9.17, 15) is 13.2 Å². The number of nitriles is 2. The number of morpholine rings is 1.